The standard InChI is InChI=1S/C14H19N3O3S/c1-10-9-17(6-5-15-10)21(19,20)12-3-4-13-11(7-12)8-14(18)16(13)2/h3-4,7,10,15H,5-6,8-9H2,1-2H3/t10-/m0/s1. The van der Waals surface area contributed by atoms with Gasteiger partial charge in [0, 0.05) is 38.4 Å². The summed E-state index contributed by atoms with van der Waals surface area (Å²) < 4.78 is 26.9. The summed E-state index contributed by atoms with van der Waals surface area (Å²) in [5, 5.41) is 3.23. The van der Waals surface area contributed by atoms with E-state index >= 15 is 0 Å². The molecule has 1 saturated heterocycles. The average Bonchev–Trinajstić information content (AvgIpc) is 2.73. The predicted octanol–water partition coefficient (Wildman–Crippen LogP) is 0.188. The number of nitrogens with one attached hydrogen (secondary N) is 1. The predicted molar refractivity (Wildman–Crippen MR) is 79.8 cm³/mol. The largest absolute Gasteiger partial charge is 0.315 e. The molecule has 0 aliphatic carbocycles. The van der Waals surface area contributed by atoms with E-state index in [4.69, 9.17) is 0 Å². The second kappa shape index (κ2) is 5.08. The summed E-state index contributed by atoms with van der Waals surface area (Å²) in [6, 6.07) is 5.10. The Hall–Kier alpha value is -1.44. The number of fused-ring (bicyclic) bond motifs is 1. The van der Waals surface area contributed by atoms with E-state index in [1.165, 1.54) is 4.31 Å². The highest BCUT2D eigenvalue weighted by molar-refractivity contribution is 7.89. The number of amides is 1. The maximum absolute atomic E-state index is 12.7. The molecule has 2 aliphatic rings. The number of carbonyl (C=O) groups excluding carboxylic acids is 1. The first-order valence-electron chi connectivity index (χ1n) is 7.02. The van der Waals surface area contributed by atoms with Gasteiger partial charge in [0.2, 0.25) is 15.9 Å². The Morgan fingerprint density at radius 2 is 2.10 bits per heavy atom. The second-order valence-electron chi connectivity index (χ2n) is 5.64. The number of piperazine rings is 1. The topological polar surface area (TPSA) is 69.7 Å². The summed E-state index contributed by atoms with van der Waals surface area (Å²) in [6.45, 7) is 3.57. The van der Waals surface area contributed by atoms with E-state index in [9.17, 15) is 13.2 Å². The number of hydrogen-bond acceptors (Lipinski definition) is 4. The Morgan fingerprint density at radius 3 is 2.81 bits per heavy atom. The first-order valence-corrected chi connectivity index (χ1v) is 8.46. The molecular weight excluding hydrogens is 290 g/mol. The number of carbonyl (C=O) groups is 1. The molecule has 1 aromatic rings. The van der Waals surface area contributed by atoms with Crippen molar-refractivity contribution in [3.05, 3.63) is 23.8 Å². The van der Waals surface area contributed by atoms with Gasteiger partial charge in [-0.15, -0.1) is 0 Å². The molecule has 6 nitrogen and oxygen atoms in total. The number of benzene rings is 1. The van der Waals surface area contributed by atoms with Crippen molar-refractivity contribution in [2.75, 3.05) is 31.6 Å². The Bertz CT molecular complexity index is 687. The third-order valence-corrected chi connectivity index (χ3v) is 5.96. The van der Waals surface area contributed by atoms with Crippen molar-refractivity contribution >= 4 is 21.6 Å². The SMILES string of the molecule is C[C@H]1CN(S(=O)(=O)c2ccc3c(c2)CC(=O)N3C)CCN1. The third-order valence-electron chi connectivity index (χ3n) is 4.10. The number of likely N-dealkylation sites (N-methyl/N-ethyl adjacent to an activating group) is 1. The summed E-state index contributed by atoms with van der Waals surface area (Å²) in [6.07, 6.45) is 0.271. The Balaban J connectivity index is 1.94. The molecule has 1 N–H and O–H groups in total. The van der Waals surface area contributed by atoms with Crippen molar-refractivity contribution in [2.24, 2.45) is 0 Å². The monoisotopic (exact) mass is 309 g/mol. The van der Waals surface area contributed by atoms with Crippen LogP contribution in [0, 0.1) is 0 Å². The van der Waals surface area contributed by atoms with Crippen LogP contribution in [0.3, 0.4) is 0 Å². The van der Waals surface area contributed by atoms with Crippen molar-refractivity contribution in [3.8, 4) is 0 Å². The van der Waals surface area contributed by atoms with Crippen molar-refractivity contribution in [1.82, 2.24) is 9.62 Å². The molecule has 0 saturated carbocycles. The molecule has 114 valence electrons. The molecule has 0 radical (unpaired) electrons. The molecule has 2 aliphatic heterocycles. The fourth-order valence-corrected chi connectivity index (χ4v) is 4.45. The highest BCUT2D eigenvalue weighted by Crippen LogP contribution is 2.30. The van der Waals surface area contributed by atoms with Gasteiger partial charge in [-0.25, -0.2) is 8.42 Å². The summed E-state index contributed by atoms with van der Waals surface area (Å²) in [7, 11) is -1.78. The number of sulfonamides is 1. The van der Waals surface area contributed by atoms with Crippen LogP contribution >= 0.6 is 0 Å². The third kappa shape index (κ3) is 2.45. The van der Waals surface area contributed by atoms with Gasteiger partial charge in [-0.1, -0.05) is 0 Å². The highest BCUT2D eigenvalue weighted by atomic mass is 32.2. The molecule has 1 atom stereocenters. The van der Waals surface area contributed by atoms with Crippen LogP contribution in [0.5, 0.6) is 0 Å². The molecule has 2 heterocycles. The first-order chi connectivity index (χ1) is 9.89. The van der Waals surface area contributed by atoms with E-state index in [1.54, 1.807) is 30.1 Å². The zero-order valence-electron chi connectivity index (χ0n) is 12.2. The molecule has 1 aromatic carbocycles. The normalized spacial score (nSPS) is 23.4. The average molecular weight is 309 g/mol. The van der Waals surface area contributed by atoms with E-state index in [0.29, 0.717) is 19.6 Å². The van der Waals surface area contributed by atoms with E-state index in [2.05, 4.69) is 5.32 Å². The van der Waals surface area contributed by atoms with E-state index in [-0.39, 0.29) is 23.3 Å². The van der Waals surface area contributed by atoms with Crippen LogP contribution in [-0.4, -0.2) is 51.4 Å². The number of anilines is 1. The van der Waals surface area contributed by atoms with Gasteiger partial charge in [-0.05, 0) is 30.7 Å². The fraction of sp³-hybridized carbons (Fsp3) is 0.500. The second-order valence-corrected chi connectivity index (χ2v) is 7.58. The smallest absolute Gasteiger partial charge is 0.243 e. The quantitative estimate of drug-likeness (QED) is 0.846. The number of nitrogens with zero attached hydrogens (tertiary/aromatic N) is 2. The van der Waals surface area contributed by atoms with E-state index in [0.717, 1.165) is 11.3 Å². The molecule has 3 rings (SSSR count). The zero-order valence-corrected chi connectivity index (χ0v) is 13.0. The van der Waals surface area contributed by atoms with Gasteiger partial charge < -0.3 is 10.2 Å². The molecule has 0 unspecified atom stereocenters. The van der Waals surface area contributed by atoms with Gasteiger partial charge in [0.1, 0.15) is 0 Å². The summed E-state index contributed by atoms with van der Waals surface area (Å²) in [5.41, 5.74) is 1.58. The zero-order chi connectivity index (χ0) is 15.2. The molecule has 0 aromatic heterocycles. The minimum absolute atomic E-state index is 0.00431. The van der Waals surface area contributed by atoms with Gasteiger partial charge >= 0.3 is 0 Å². The van der Waals surface area contributed by atoms with Gasteiger partial charge in [-0.3, -0.25) is 4.79 Å². The van der Waals surface area contributed by atoms with Crippen molar-refractivity contribution in [2.45, 2.75) is 24.3 Å². The van der Waals surface area contributed by atoms with Gasteiger partial charge in [-0.2, -0.15) is 4.31 Å². The molecule has 1 amide bonds. The minimum atomic E-state index is -3.49. The first kappa shape index (κ1) is 14.5. The van der Waals surface area contributed by atoms with Crippen LogP contribution in [0.2, 0.25) is 0 Å². The highest BCUT2D eigenvalue weighted by Gasteiger charge is 2.31. The molecular formula is C14H19N3O3S. The molecule has 7 heteroatoms. The molecule has 0 bridgehead atoms. The maximum atomic E-state index is 12.7. The lowest BCUT2D eigenvalue weighted by molar-refractivity contribution is -0.117. The molecule has 21 heavy (non-hydrogen) atoms. The van der Waals surface area contributed by atoms with Crippen molar-refractivity contribution < 1.29 is 13.2 Å². The lowest BCUT2D eigenvalue weighted by Crippen LogP contribution is -2.51. The van der Waals surface area contributed by atoms with Crippen molar-refractivity contribution in [3.63, 3.8) is 0 Å². The van der Waals surface area contributed by atoms with Crippen LogP contribution in [0.25, 0.3) is 0 Å². The van der Waals surface area contributed by atoms with Crippen LogP contribution in [0.4, 0.5) is 5.69 Å². The summed E-state index contributed by atoms with van der Waals surface area (Å²) in [4.78, 5) is 13.5. The van der Waals surface area contributed by atoms with E-state index in [1.807, 2.05) is 6.92 Å². The van der Waals surface area contributed by atoms with Crippen LogP contribution in [0.15, 0.2) is 23.1 Å². The summed E-state index contributed by atoms with van der Waals surface area (Å²) in [5.74, 6) is -0.00431. The lowest BCUT2D eigenvalue weighted by atomic mass is 10.2. The Kier molecular flexibility index (Phi) is 3.51. The lowest BCUT2D eigenvalue weighted by Gasteiger charge is -2.31. The molecule has 0 spiro atoms. The Morgan fingerprint density at radius 1 is 1.33 bits per heavy atom. The van der Waals surface area contributed by atoms with Crippen LogP contribution in [0.1, 0.15) is 12.5 Å². The molecule has 1 fully saturated rings. The number of rotatable bonds is 2. The van der Waals surface area contributed by atoms with Gasteiger partial charge in [0.15, 0.2) is 0 Å². The van der Waals surface area contributed by atoms with Crippen LogP contribution < -0.4 is 10.2 Å². The van der Waals surface area contributed by atoms with Gasteiger partial charge in [0.05, 0.1) is 11.3 Å². The van der Waals surface area contributed by atoms with E-state index < -0.39 is 10.0 Å². The Labute approximate surface area is 124 Å². The maximum Gasteiger partial charge on any atom is 0.243 e. The minimum Gasteiger partial charge on any atom is -0.315 e. The summed E-state index contributed by atoms with van der Waals surface area (Å²) >= 11 is 0. The fourth-order valence-electron chi connectivity index (χ4n) is 2.87. The number of hydrogen-bond donors (Lipinski definition) is 1. The van der Waals surface area contributed by atoms with Crippen molar-refractivity contribution in [1.29, 1.82) is 0 Å². The van der Waals surface area contributed by atoms with Gasteiger partial charge in [0.25, 0.3) is 0 Å². The van der Waals surface area contributed by atoms with Crippen LogP contribution in [-0.2, 0) is 21.2 Å².